The molecule has 0 saturated heterocycles. The van der Waals surface area contributed by atoms with Crippen LogP contribution >= 0.6 is 0 Å². The molecular weight excluding hydrogens is 446 g/mol. The topological polar surface area (TPSA) is 178 Å². The number of rotatable bonds is 3. The summed E-state index contributed by atoms with van der Waals surface area (Å²) in [7, 11) is -9.03. The minimum Gasteiger partial charge on any atom is -0.366 e. The molecule has 1 aromatic heterocycles. The maximum absolute atomic E-state index is 11.8. The van der Waals surface area contributed by atoms with Gasteiger partial charge in [0, 0.05) is 22.1 Å². The summed E-state index contributed by atoms with van der Waals surface area (Å²) in [6.07, 6.45) is 0. The molecule has 4 N–H and O–H groups in total. The van der Waals surface area contributed by atoms with E-state index in [1.807, 2.05) is 0 Å². The van der Waals surface area contributed by atoms with E-state index in [1.165, 1.54) is 30.3 Å². The minimum absolute atomic E-state index is 0.0855. The van der Waals surface area contributed by atoms with Crippen molar-refractivity contribution < 1.29 is 30.7 Å². The number of hydrogen-bond donors (Lipinski definition) is 3. The summed E-state index contributed by atoms with van der Waals surface area (Å²) in [4.78, 5) is 20.0. The number of hydrogen-bond acceptors (Lipinski definition) is 7. The van der Waals surface area contributed by atoms with Gasteiger partial charge in [-0.2, -0.15) is 16.8 Å². The highest BCUT2D eigenvalue weighted by Crippen LogP contribution is 2.47. The Morgan fingerprint density at radius 2 is 1.39 bits per heavy atom. The van der Waals surface area contributed by atoms with Gasteiger partial charge in [0.05, 0.1) is 32.2 Å². The largest absolute Gasteiger partial charge is 0.366 e. The van der Waals surface area contributed by atoms with Crippen molar-refractivity contribution in [2.24, 2.45) is 5.73 Å². The fourth-order valence-electron chi connectivity index (χ4n) is 3.72. The predicted molar refractivity (Wildman–Crippen MR) is 110 cm³/mol. The third kappa shape index (κ3) is 2.96. The van der Waals surface area contributed by atoms with Gasteiger partial charge in [0.2, 0.25) is 5.91 Å². The number of fused-ring (bicyclic) bond motifs is 4. The van der Waals surface area contributed by atoms with Crippen LogP contribution in [0.2, 0.25) is 0 Å². The second kappa shape index (κ2) is 6.04. The number of primary amides is 1. The van der Waals surface area contributed by atoms with Crippen LogP contribution < -0.4 is 5.73 Å². The lowest BCUT2D eigenvalue weighted by atomic mass is 10.0. The number of nitrogens with two attached hydrogens (primary N) is 1. The first-order valence-electron chi connectivity index (χ1n) is 8.62. The molecule has 156 valence electrons. The molecule has 0 atom stereocenters. The number of amides is 1. The van der Waals surface area contributed by atoms with Gasteiger partial charge >= 0.3 is 0 Å². The summed E-state index contributed by atoms with van der Waals surface area (Å²) in [5.74, 6) is -0.757. The van der Waals surface area contributed by atoms with Crippen LogP contribution in [0, 0.1) is 0 Å². The summed E-state index contributed by atoms with van der Waals surface area (Å²) in [6.45, 7) is 0. The number of benzene rings is 3. The summed E-state index contributed by atoms with van der Waals surface area (Å²) in [5.41, 5.74) is 7.34. The molecule has 0 radical (unpaired) electrons. The molecule has 3 aromatic carbocycles. The molecule has 5 rings (SSSR count). The van der Waals surface area contributed by atoms with Crippen molar-refractivity contribution in [3.05, 3.63) is 48.0 Å². The Hall–Kier alpha value is -3.45. The van der Waals surface area contributed by atoms with Crippen molar-refractivity contribution in [1.82, 2.24) is 9.97 Å². The van der Waals surface area contributed by atoms with Crippen LogP contribution in [0.4, 0.5) is 0 Å². The average Bonchev–Trinajstić information content (AvgIpc) is 2.98. The van der Waals surface area contributed by atoms with Crippen molar-refractivity contribution in [2.75, 3.05) is 0 Å². The zero-order valence-electron chi connectivity index (χ0n) is 15.3. The normalized spacial score (nSPS) is 13.0. The molecule has 0 spiro atoms. The standard InChI is InChI=1S/C19H11N3O7S2/c20-19(23)9-3-8-4-11(31(27,28)29)6-13-16(8)12(5-9)17-18(13)21-14-2-1-10(30(24,25)26)7-15(14)22-17/h1-7H,(H2,20,23)(H,24,25,26)(H,27,28,29). The summed E-state index contributed by atoms with van der Waals surface area (Å²) >= 11 is 0. The minimum atomic E-state index is -4.56. The molecule has 1 amide bonds. The van der Waals surface area contributed by atoms with Gasteiger partial charge < -0.3 is 5.73 Å². The third-order valence-corrected chi connectivity index (χ3v) is 6.73. The lowest BCUT2D eigenvalue weighted by molar-refractivity contribution is 0.100. The smallest absolute Gasteiger partial charge is 0.294 e. The highest BCUT2D eigenvalue weighted by molar-refractivity contribution is 7.86. The van der Waals surface area contributed by atoms with Crippen LogP contribution in [-0.2, 0) is 20.2 Å². The van der Waals surface area contributed by atoms with Crippen LogP contribution in [0.5, 0.6) is 0 Å². The third-order valence-electron chi connectivity index (χ3n) is 5.05. The van der Waals surface area contributed by atoms with Gasteiger partial charge in [-0.15, -0.1) is 0 Å². The van der Waals surface area contributed by atoms with Gasteiger partial charge in [-0.25, -0.2) is 9.97 Å². The quantitative estimate of drug-likeness (QED) is 0.342. The molecule has 10 nitrogen and oxygen atoms in total. The Bertz CT molecular complexity index is 1710. The SMILES string of the molecule is NC(=O)c1cc2c3c(cc(S(=O)(=O)O)cc3c1)-c1nc3ccc(S(=O)(=O)O)cc3nc1-2. The van der Waals surface area contributed by atoms with Gasteiger partial charge in [0.15, 0.2) is 0 Å². The van der Waals surface area contributed by atoms with Crippen molar-refractivity contribution in [3.8, 4) is 22.5 Å². The van der Waals surface area contributed by atoms with E-state index in [0.717, 1.165) is 12.1 Å². The maximum Gasteiger partial charge on any atom is 0.294 e. The first-order chi connectivity index (χ1) is 14.4. The molecule has 0 bridgehead atoms. The Morgan fingerprint density at radius 1 is 0.774 bits per heavy atom. The second-order valence-corrected chi connectivity index (χ2v) is 9.82. The fourth-order valence-corrected chi connectivity index (χ4v) is 4.77. The van der Waals surface area contributed by atoms with Gasteiger partial charge in [-0.05, 0) is 47.9 Å². The molecule has 0 saturated carbocycles. The zero-order chi connectivity index (χ0) is 22.3. The highest BCUT2D eigenvalue weighted by atomic mass is 32.2. The molecule has 0 fully saturated rings. The van der Waals surface area contributed by atoms with E-state index in [9.17, 15) is 30.7 Å². The van der Waals surface area contributed by atoms with Crippen LogP contribution in [0.15, 0.2) is 52.3 Å². The van der Waals surface area contributed by atoms with Crippen LogP contribution in [-0.4, -0.2) is 41.8 Å². The Labute approximate surface area is 174 Å². The first kappa shape index (κ1) is 19.5. The summed E-state index contributed by atoms with van der Waals surface area (Å²) in [5, 5.41) is 0.886. The molecule has 12 heteroatoms. The van der Waals surface area contributed by atoms with E-state index in [1.54, 1.807) is 0 Å². The van der Waals surface area contributed by atoms with Crippen LogP contribution in [0.25, 0.3) is 44.3 Å². The van der Waals surface area contributed by atoms with Gasteiger partial charge in [0.1, 0.15) is 0 Å². The Kier molecular flexibility index (Phi) is 3.80. The second-order valence-electron chi connectivity index (χ2n) is 6.98. The van der Waals surface area contributed by atoms with E-state index >= 15 is 0 Å². The Morgan fingerprint density at radius 3 is 2.00 bits per heavy atom. The maximum atomic E-state index is 11.8. The van der Waals surface area contributed by atoms with Crippen LogP contribution in [0.3, 0.4) is 0 Å². The van der Waals surface area contributed by atoms with E-state index in [4.69, 9.17) is 5.73 Å². The summed E-state index contributed by atoms with van der Waals surface area (Å²) < 4.78 is 65.4. The van der Waals surface area contributed by atoms with Crippen molar-refractivity contribution >= 4 is 47.9 Å². The molecule has 1 aliphatic rings. The van der Waals surface area contributed by atoms with E-state index < -0.39 is 26.1 Å². The number of aromatic nitrogens is 2. The molecular formula is C19H11N3O7S2. The molecule has 1 aliphatic carbocycles. The monoisotopic (exact) mass is 457 g/mol. The first-order valence-corrected chi connectivity index (χ1v) is 11.5. The highest BCUT2D eigenvalue weighted by Gasteiger charge is 2.29. The lowest BCUT2D eigenvalue weighted by Crippen LogP contribution is -2.11. The van der Waals surface area contributed by atoms with E-state index in [0.29, 0.717) is 33.1 Å². The molecule has 0 unspecified atom stereocenters. The molecule has 4 aromatic rings. The van der Waals surface area contributed by atoms with Crippen molar-refractivity contribution in [2.45, 2.75) is 9.79 Å². The summed E-state index contributed by atoms with van der Waals surface area (Å²) in [6, 6.07) is 9.03. The van der Waals surface area contributed by atoms with Crippen molar-refractivity contribution in [1.29, 1.82) is 0 Å². The molecule has 31 heavy (non-hydrogen) atoms. The molecule has 1 heterocycles. The van der Waals surface area contributed by atoms with Gasteiger partial charge in [-0.1, -0.05) is 0 Å². The van der Waals surface area contributed by atoms with Crippen LogP contribution in [0.1, 0.15) is 10.4 Å². The number of carbonyl (C=O) groups excluding carboxylic acids is 1. The number of carbonyl (C=O) groups is 1. The van der Waals surface area contributed by atoms with Crippen molar-refractivity contribution in [3.63, 3.8) is 0 Å². The molecule has 0 aliphatic heterocycles. The predicted octanol–water partition coefficient (Wildman–Crippen LogP) is 2.02. The van der Waals surface area contributed by atoms with E-state index in [-0.39, 0.29) is 26.6 Å². The number of nitrogens with zero attached hydrogens (tertiary/aromatic N) is 2. The average molecular weight is 457 g/mol. The van der Waals surface area contributed by atoms with Gasteiger partial charge in [0.25, 0.3) is 20.2 Å². The fraction of sp³-hybridized carbons (Fsp3) is 0. The lowest BCUT2D eigenvalue weighted by Gasteiger charge is -2.06. The zero-order valence-corrected chi connectivity index (χ0v) is 16.9. The Balaban J connectivity index is 1.92. The van der Waals surface area contributed by atoms with E-state index in [2.05, 4.69) is 9.97 Å². The van der Waals surface area contributed by atoms with Gasteiger partial charge in [-0.3, -0.25) is 13.9 Å².